The van der Waals surface area contributed by atoms with Crippen LogP contribution in [0, 0.1) is 17.3 Å². The van der Waals surface area contributed by atoms with E-state index >= 15 is 0 Å². The molecule has 7 heteroatoms. The molecule has 0 radical (unpaired) electrons. The smallest absolute Gasteiger partial charge is 0.225 e. The topological polar surface area (TPSA) is 114 Å². The first kappa shape index (κ1) is 22.0. The van der Waals surface area contributed by atoms with Crippen molar-refractivity contribution in [2.24, 2.45) is 17.3 Å². The van der Waals surface area contributed by atoms with Crippen LogP contribution in [0.15, 0.2) is 48.8 Å². The number of nitrogens with zero attached hydrogens (tertiary/aromatic N) is 1. The summed E-state index contributed by atoms with van der Waals surface area (Å²) in [6.07, 6.45) is 8.54. The van der Waals surface area contributed by atoms with Gasteiger partial charge in [0.05, 0.1) is 17.3 Å². The van der Waals surface area contributed by atoms with Gasteiger partial charge in [-0.2, -0.15) is 0 Å². The monoisotopic (exact) mass is 434 g/mol. The number of benzene rings is 1. The molecule has 3 atom stereocenters. The molecule has 2 amide bonds. The molecular formula is C25H30N4O3. The predicted molar refractivity (Wildman–Crippen MR) is 121 cm³/mol. The lowest BCUT2D eigenvalue weighted by atomic mass is 9.91. The van der Waals surface area contributed by atoms with E-state index in [0.717, 1.165) is 31.2 Å². The lowest BCUT2D eigenvalue weighted by Gasteiger charge is -2.23. The maximum absolute atomic E-state index is 13.5. The van der Waals surface area contributed by atoms with Crippen LogP contribution in [0.1, 0.15) is 54.9 Å². The molecular weight excluding hydrogens is 404 g/mol. The van der Waals surface area contributed by atoms with Gasteiger partial charge in [-0.25, -0.2) is 0 Å². The number of pyridine rings is 1. The van der Waals surface area contributed by atoms with Gasteiger partial charge in [-0.3, -0.25) is 19.4 Å². The van der Waals surface area contributed by atoms with Crippen LogP contribution in [0.4, 0.5) is 5.69 Å². The highest BCUT2D eigenvalue weighted by molar-refractivity contribution is 6.14. The fraction of sp³-hybridized carbons (Fsp3) is 0.440. The summed E-state index contributed by atoms with van der Waals surface area (Å²) in [6, 6.07) is 10.6. The van der Waals surface area contributed by atoms with Crippen LogP contribution in [0.5, 0.6) is 0 Å². The molecule has 168 valence electrons. The third-order valence-corrected chi connectivity index (χ3v) is 6.94. The number of carbonyl (C=O) groups excluding carboxylic acids is 3. The number of nitrogens with one attached hydrogen (secondary N) is 2. The zero-order chi connectivity index (χ0) is 22.7. The van der Waals surface area contributed by atoms with Crippen LogP contribution in [0.2, 0.25) is 0 Å². The van der Waals surface area contributed by atoms with E-state index in [9.17, 15) is 14.4 Å². The second-order valence-corrected chi connectivity index (χ2v) is 9.07. The molecule has 2 aliphatic rings. The number of hydrogen-bond acceptors (Lipinski definition) is 5. The Hall–Kier alpha value is -3.22. The Labute approximate surface area is 188 Å². The molecule has 0 saturated heterocycles. The highest BCUT2D eigenvalue weighted by Crippen LogP contribution is 2.61. The fourth-order valence-corrected chi connectivity index (χ4v) is 4.97. The minimum atomic E-state index is -1.13. The van der Waals surface area contributed by atoms with E-state index < -0.39 is 17.3 Å². The van der Waals surface area contributed by atoms with Crippen molar-refractivity contribution in [3.8, 4) is 0 Å². The number of nitrogens with two attached hydrogens (primary N) is 1. The Morgan fingerprint density at radius 3 is 2.34 bits per heavy atom. The van der Waals surface area contributed by atoms with Gasteiger partial charge in [0, 0.05) is 36.2 Å². The van der Waals surface area contributed by atoms with E-state index in [1.165, 1.54) is 6.42 Å². The highest BCUT2D eigenvalue weighted by atomic mass is 16.2. The van der Waals surface area contributed by atoms with Gasteiger partial charge in [0.15, 0.2) is 5.78 Å². The number of nitrogen functional groups attached to an aromatic ring is 1. The molecule has 1 heterocycles. The molecule has 0 unspecified atom stereocenters. The summed E-state index contributed by atoms with van der Waals surface area (Å²) in [4.78, 5) is 43.8. The van der Waals surface area contributed by atoms with E-state index in [4.69, 9.17) is 5.73 Å². The van der Waals surface area contributed by atoms with Crippen LogP contribution in [0.25, 0.3) is 0 Å². The van der Waals surface area contributed by atoms with E-state index in [1.54, 1.807) is 43.6 Å². The van der Waals surface area contributed by atoms with Gasteiger partial charge >= 0.3 is 0 Å². The minimum Gasteiger partial charge on any atom is -0.398 e. The molecule has 2 fully saturated rings. The van der Waals surface area contributed by atoms with Crippen molar-refractivity contribution in [3.05, 3.63) is 59.9 Å². The second-order valence-electron chi connectivity index (χ2n) is 9.07. The van der Waals surface area contributed by atoms with Crippen LogP contribution in [0.3, 0.4) is 0 Å². The zero-order valence-corrected chi connectivity index (χ0v) is 18.3. The predicted octanol–water partition coefficient (Wildman–Crippen LogP) is 2.86. The van der Waals surface area contributed by atoms with Crippen molar-refractivity contribution in [1.29, 1.82) is 0 Å². The Bertz CT molecular complexity index is 1000. The summed E-state index contributed by atoms with van der Waals surface area (Å²) in [5.74, 6) is -2.22. The zero-order valence-electron chi connectivity index (χ0n) is 18.3. The van der Waals surface area contributed by atoms with Crippen molar-refractivity contribution in [1.82, 2.24) is 15.6 Å². The molecule has 4 rings (SSSR count). The summed E-state index contributed by atoms with van der Waals surface area (Å²) < 4.78 is 0. The minimum absolute atomic E-state index is 0.110. The lowest BCUT2D eigenvalue weighted by Crippen LogP contribution is -2.39. The van der Waals surface area contributed by atoms with Gasteiger partial charge in [-0.05, 0) is 42.7 Å². The molecule has 2 aliphatic carbocycles. The van der Waals surface area contributed by atoms with Crippen LogP contribution >= 0.6 is 0 Å². The van der Waals surface area contributed by atoms with Gasteiger partial charge in [0.25, 0.3) is 0 Å². The molecule has 2 saturated carbocycles. The Kier molecular flexibility index (Phi) is 6.26. The summed E-state index contributed by atoms with van der Waals surface area (Å²) in [6.45, 7) is 2.02. The van der Waals surface area contributed by atoms with Crippen LogP contribution in [-0.2, 0) is 16.1 Å². The third-order valence-electron chi connectivity index (χ3n) is 6.94. The van der Waals surface area contributed by atoms with Gasteiger partial charge < -0.3 is 16.4 Å². The Balaban J connectivity index is 1.54. The average molecular weight is 435 g/mol. The van der Waals surface area contributed by atoms with Gasteiger partial charge in [-0.1, -0.05) is 38.3 Å². The first-order chi connectivity index (χ1) is 15.4. The molecule has 0 bridgehead atoms. The SMILES string of the molecule is C[C@@]1(C(=O)c2ccccc2N)[C@H](C(=O)NCc2ccncc2)[C@@H]1C(=O)NC1CCCCC1. The van der Waals surface area contributed by atoms with E-state index in [1.807, 2.05) is 12.1 Å². The van der Waals surface area contributed by atoms with E-state index in [0.29, 0.717) is 17.8 Å². The van der Waals surface area contributed by atoms with Crippen molar-refractivity contribution in [2.75, 3.05) is 5.73 Å². The number of aromatic nitrogens is 1. The quantitative estimate of drug-likeness (QED) is 0.458. The molecule has 0 aliphatic heterocycles. The summed E-state index contributed by atoms with van der Waals surface area (Å²) >= 11 is 0. The molecule has 1 aromatic carbocycles. The van der Waals surface area contributed by atoms with Crippen molar-refractivity contribution < 1.29 is 14.4 Å². The number of para-hydroxylation sites is 1. The largest absolute Gasteiger partial charge is 0.398 e. The average Bonchev–Trinajstić information content (AvgIpc) is 3.46. The van der Waals surface area contributed by atoms with Gasteiger partial charge in [0.1, 0.15) is 0 Å². The van der Waals surface area contributed by atoms with Crippen molar-refractivity contribution in [2.45, 2.75) is 51.6 Å². The fourth-order valence-electron chi connectivity index (χ4n) is 4.97. The number of rotatable bonds is 7. The van der Waals surface area contributed by atoms with Crippen molar-refractivity contribution in [3.63, 3.8) is 0 Å². The number of anilines is 1. The number of Topliss-reactive ketones (excluding diaryl/α,β-unsaturated/α-hetero) is 1. The molecule has 4 N–H and O–H groups in total. The molecule has 32 heavy (non-hydrogen) atoms. The van der Waals surface area contributed by atoms with Gasteiger partial charge in [0.2, 0.25) is 11.8 Å². The summed E-state index contributed by atoms with van der Waals surface area (Å²) in [5, 5.41) is 6.00. The van der Waals surface area contributed by atoms with Crippen LogP contribution in [-0.4, -0.2) is 28.6 Å². The molecule has 2 aromatic rings. The first-order valence-corrected chi connectivity index (χ1v) is 11.3. The number of amides is 2. The lowest BCUT2D eigenvalue weighted by molar-refractivity contribution is -0.127. The summed E-state index contributed by atoms with van der Waals surface area (Å²) in [7, 11) is 0. The number of ketones is 1. The van der Waals surface area contributed by atoms with Crippen molar-refractivity contribution >= 4 is 23.3 Å². The van der Waals surface area contributed by atoms with E-state index in [-0.39, 0.29) is 23.6 Å². The van der Waals surface area contributed by atoms with E-state index in [2.05, 4.69) is 15.6 Å². The molecule has 1 aromatic heterocycles. The summed E-state index contributed by atoms with van der Waals surface area (Å²) in [5.41, 5.74) is 6.53. The highest BCUT2D eigenvalue weighted by Gasteiger charge is 2.72. The maximum Gasteiger partial charge on any atom is 0.225 e. The molecule has 7 nitrogen and oxygen atoms in total. The normalized spacial score (nSPS) is 25.0. The van der Waals surface area contributed by atoms with Crippen LogP contribution < -0.4 is 16.4 Å². The molecule has 0 spiro atoms. The second kappa shape index (κ2) is 9.10. The maximum atomic E-state index is 13.5. The Morgan fingerprint density at radius 2 is 1.66 bits per heavy atom. The number of hydrogen-bond donors (Lipinski definition) is 3. The Morgan fingerprint density at radius 1 is 1.00 bits per heavy atom. The van der Waals surface area contributed by atoms with Gasteiger partial charge in [-0.15, -0.1) is 0 Å². The third kappa shape index (κ3) is 4.24. The standard InChI is InChI=1S/C25H30N4O3/c1-25(22(30)18-9-5-6-10-19(18)26)20(23(31)28-15-16-11-13-27-14-12-16)21(25)24(32)29-17-7-3-2-4-8-17/h5-6,9-14,17,20-21H,2-4,7-8,15,26H2,1H3,(H,28,31)(H,29,32)/t20-,21+,25+/m0/s1. The number of carbonyl (C=O) groups is 3. The first-order valence-electron chi connectivity index (χ1n) is 11.3.